The van der Waals surface area contributed by atoms with Gasteiger partial charge in [0.05, 0.1) is 25.4 Å². The molecule has 3 aromatic carbocycles. The SMILES string of the molecule is COc1ccc2cc(CN(C)C(=O)COC(=O)Cc3cnn(-c4ccccc4)c3)ccc2c1. The summed E-state index contributed by atoms with van der Waals surface area (Å²) in [7, 11) is 3.33. The lowest BCUT2D eigenvalue weighted by Crippen LogP contribution is -2.31. The number of para-hydroxylation sites is 1. The third kappa shape index (κ3) is 5.57. The first-order chi connectivity index (χ1) is 16.0. The maximum Gasteiger partial charge on any atom is 0.310 e. The molecule has 0 saturated heterocycles. The van der Waals surface area contributed by atoms with E-state index in [4.69, 9.17) is 9.47 Å². The zero-order valence-electron chi connectivity index (χ0n) is 18.6. The molecule has 0 aliphatic heterocycles. The second-order valence-corrected chi connectivity index (χ2v) is 7.76. The maximum atomic E-state index is 12.5. The van der Waals surface area contributed by atoms with Crippen molar-refractivity contribution in [2.24, 2.45) is 0 Å². The smallest absolute Gasteiger partial charge is 0.310 e. The van der Waals surface area contributed by atoms with Crippen LogP contribution < -0.4 is 4.74 Å². The van der Waals surface area contributed by atoms with Crippen molar-refractivity contribution in [1.82, 2.24) is 14.7 Å². The first-order valence-corrected chi connectivity index (χ1v) is 10.6. The quantitative estimate of drug-likeness (QED) is 0.388. The maximum absolute atomic E-state index is 12.5. The highest BCUT2D eigenvalue weighted by atomic mass is 16.5. The summed E-state index contributed by atoms with van der Waals surface area (Å²) in [4.78, 5) is 26.2. The average molecular weight is 444 g/mol. The summed E-state index contributed by atoms with van der Waals surface area (Å²) in [6.07, 6.45) is 3.45. The predicted molar refractivity (Wildman–Crippen MR) is 125 cm³/mol. The van der Waals surface area contributed by atoms with Crippen LogP contribution in [0.15, 0.2) is 79.1 Å². The van der Waals surface area contributed by atoms with Crippen molar-refractivity contribution in [1.29, 1.82) is 0 Å². The number of fused-ring (bicyclic) bond motifs is 1. The van der Waals surface area contributed by atoms with Gasteiger partial charge in [-0.05, 0) is 46.7 Å². The fourth-order valence-corrected chi connectivity index (χ4v) is 3.50. The molecule has 7 nitrogen and oxygen atoms in total. The van der Waals surface area contributed by atoms with Crippen LogP contribution in [0.4, 0.5) is 0 Å². The Hall–Kier alpha value is -4.13. The number of nitrogens with zero attached hydrogens (tertiary/aromatic N) is 3. The lowest BCUT2D eigenvalue weighted by atomic mass is 10.1. The van der Waals surface area contributed by atoms with Crippen molar-refractivity contribution < 1.29 is 19.1 Å². The normalized spacial score (nSPS) is 10.7. The number of ether oxygens (including phenoxy) is 2. The molecule has 4 rings (SSSR count). The van der Waals surface area contributed by atoms with E-state index in [1.807, 2.05) is 66.7 Å². The number of amides is 1. The molecule has 0 bridgehead atoms. The van der Waals surface area contributed by atoms with Gasteiger partial charge < -0.3 is 14.4 Å². The Morgan fingerprint density at radius 2 is 1.73 bits per heavy atom. The number of likely N-dealkylation sites (N-methyl/N-ethyl adjacent to an activating group) is 1. The summed E-state index contributed by atoms with van der Waals surface area (Å²) < 4.78 is 12.1. The second-order valence-electron chi connectivity index (χ2n) is 7.76. The van der Waals surface area contributed by atoms with Gasteiger partial charge in [0.1, 0.15) is 5.75 Å². The molecule has 0 fully saturated rings. The number of benzene rings is 3. The van der Waals surface area contributed by atoms with E-state index in [0.717, 1.165) is 33.3 Å². The lowest BCUT2D eigenvalue weighted by Gasteiger charge is -2.17. The average Bonchev–Trinajstić information content (AvgIpc) is 3.31. The van der Waals surface area contributed by atoms with Crippen molar-refractivity contribution in [3.05, 3.63) is 90.3 Å². The van der Waals surface area contributed by atoms with E-state index >= 15 is 0 Å². The Labute approximate surface area is 192 Å². The molecule has 0 saturated carbocycles. The molecule has 1 aromatic heterocycles. The summed E-state index contributed by atoms with van der Waals surface area (Å²) in [6.45, 7) is 0.120. The summed E-state index contributed by atoms with van der Waals surface area (Å²) in [5.41, 5.74) is 2.61. The Morgan fingerprint density at radius 1 is 0.970 bits per heavy atom. The van der Waals surface area contributed by atoms with Crippen LogP contribution in [0, 0.1) is 0 Å². The lowest BCUT2D eigenvalue weighted by molar-refractivity contribution is -0.151. The largest absolute Gasteiger partial charge is 0.497 e. The number of carbonyl (C=O) groups is 2. The molecule has 0 aliphatic carbocycles. The standard InChI is InChI=1S/C26H25N3O4/c1-28(16-19-8-9-22-14-24(32-2)11-10-21(22)12-19)25(30)18-33-26(31)13-20-15-27-29(17-20)23-6-4-3-5-7-23/h3-12,14-15,17H,13,16,18H2,1-2H3. The summed E-state index contributed by atoms with van der Waals surface area (Å²) in [5, 5.41) is 6.40. The molecule has 1 heterocycles. The minimum Gasteiger partial charge on any atom is -0.497 e. The molecular formula is C26H25N3O4. The van der Waals surface area contributed by atoms with Crippen molar-refractivity contribution in [3.8, 4) is 11.4 Å². The van der Waals surface area contributed by atoms with Crippen molar-refractivity contribution in [2.45, 2.75) is 13.0 Å². The molecule has 1 amide bonds. The molecule has 0 unspecified atom stereocenters. The Bertz CT molecular complexity index is 1270. The third-order valence-electron chi connectivity index (χ3n) is 5.32. The molecule has 0 radical (unpaired) electrons. The highest BCUT2D eigenvalue weighted by molar-refractivity contribution is 5.85. The van der Waals surface area contributed by atoms with Crippen molar-refractivity contribution in [3.63, 3.8) is 0 Å². The van der Waals surface area contributed by atoms with Crippen LogP contribution in [-0.4, -0.2) is 47.3 Å². The Kier molecular flexibility index (Phi) is 6.69. The van der Waals surface area contributed by atoms with E-state index < -0.39 is 5.97 Å². The van der Waals surface area contributed by atoms with Crippen LogP contribution in [0.25, 0.3) is 16.5 Å². The minimum absolute atomic E-state index is 0.0535. The van der Waals surface area contributed by atoms with Gasteiger partial charge in [0.25, 0.3) is 5.91 Å². The summed E-state index contributed by atoms with van der Waals surface area (Å²) >= 11 is 0. The predicted octanol–water partition coefficient (Wildman–Crippen LogP) is 3.78. The number of esters is 1. The number of aromatic nitrogens is 2. The molecule has 7 heteroatoms. The van der Waals surface area contributed by atoms with E-state index in [0.29, 0.717) is 6.54 Å². The van der Waals surface area contributed by atoms with Crippen molar-refractivity contribution >= 4 is 22.6 Å². The highest BCUT2D eigenvalue weighted by Crippen LogP contribution is 2.22. The molecule has 168 valence electrons. The van der Waals surface area contributed by atoms with Gasteiger partial charge >= 0.3 is 5.97 Å². The van der Waals surface area contributed by atoms with Crippen molar-refractivity contribution in [2.75, 3.05) is 20.8 Å². The third-order valence-corrected chi connectivity index (χ3v) is 5.32. The molecular weight excluding hydrogens is 418 g/mol. The fourth-order valence-electron chi connectivity index (χ4n) is 3.50. The van der Waals surface area contributed by atoms with Crippen LogP contribution in [0.3, 0.4) is 0 Å². The van der Waals surface area contributed by atoms with E-state index in [2.05, 4.69) is 5.10 Å². The zero-order chi connectivity index (χ0) is 23.2. The van der Waals surface area contributed by atoms with E-state index in [1.165, 1.54) is 0 Å². The van der Waals surface area contributed by atoms with Crippen LogP contribution >= 0.6 is 0 Å². The Balaban J connectivity index is 1.28. The van der Waals surface area contributed by atoms with Crippen LogP contribution in [0.5, 0.6) is 5.75 Å². The number of methoxy groups -OCH3 is 1. The topological polar surface area (TPSA) is 73.7 Å². The van der Waals surface area contributed by atoms with Gasteiger partial charge in [0.15, 0.2) is 6.61 Å². The number of rotatable bonds is 8. The second kappa shape index (κ2) is 9.99. The molecule has 0 spiro atoms. The van der Waals surface area contributed by atoms with Crippen LogP contribution in [-0.2, 0) is 27.3 Å². The number of hydrogen-bond donors (Lipinski definition) is 0. The number of carbonyl (C=O) groups excluding carboxylic acids is 2. The zero-order valence-corrected chi connectivity index (χ0v) is 18.6. The van der Waals surface area contributed by atoms with E-state index in [1.54, 1.807) is 36.1 Å². The van der Waals surface area contributed by atoms with Crippen LogP contribution in [0.2, 0.25) is 0 Å². The van der Waals surface area contributed by atoms with E-state index in [9.17, 15) is 9.59 Å². The number of hydrogen-bond acceptors (Lipinski definition) is 5. The minimum atomic E-state index is -0.469. The van der Waals surface area contributed by atoms with Gasteiger partial charge in [-0.2, -0.15) is 5.10 Å². The first kappa shape index (κ1) is 22.1. The van der Waals surface area contributed by atoms with E-state index in [-0.39, 0.29) is 18.9 Å². The van der Waals surface area contributed by atoms with Gasteiger partial charge in [-0.3, -0.25) is 9.59 Å². The van der Waals surface area contributed by atoms with Gasteiger partial charge in [-0.25, -0.2) is 4.68 Å². The van der Waals surface area contributed by atoms with Gasteiger partial charge in [-0.15, -0.1) is 0 Å². The van der Waals surface area contributed by atoms with Gasteiger partial charge in [0.2, 0.25) is 0 Å². The Morgan fingerprint density at radius 3 is 2.52 bits per heavy atom. The first-order valence-electron chi connectivity index (χ1n) is 10.6. The highest BCUT2D eigenvalue weighted by Gasteiger charge is 2.14. The summed E-state index contributed by atoms with van der Waals surface area (Å²) in [6, 6.07) is 21.5. The molecule has 0 N–H and O–H groups in total. The summed E-state index contributed by atoms with van der Waals surface area (Å²) in [5.74, 6) is 0.0685. The molecule has 0 aliphatic rings. The van der Waals surface area contributed by atoms with Crippen LogP contribution in [0.1, 0.15) is 11.1 Å². The fraction of sp³-hybridized carbons (Fsp3) is 0.192. The molecule has 4 aromatic rings. The van der Waals surface area contributed by atoms with Gasteiger partial charge in [0, 0.05) is 25.4 Å². The van der Waals surface area contributed by atoms with Gasteiger partial charge in [-0.1, -0.05) is 36.4 Å². The monoisotopic (exact) mass is 443 g/mol. The molecule has 0 atom stereocenters. The molecule has 33 heavy (non-hydrogen) atoms.